The summed E-state index contributed by atoms with van der Waals surface area (Å²) in [6.45, 7) is 11.3. The number of hydrogen-bond donors (Lipinski definition) is 0. The fourth-order valence-electron chi connectivity index (χ4n) is 1.27. The molecule has 0 spiro atoms. The average molecular weight is 210 g/mol. The Morgan fingerprint density at radius 1 is 1.47 bits per heavy atom. The van der Waals surface area contributed by atoms with Crippen LogP contribution in [0, 0.1) is 0 Å². The second-order valence-electron chi connectivity index (χ2n) is 4.05. The summed E-state index contributed by atoms with van der Waals surface area (Å²) in [4.78, 5) is 10.9. The van der Waals surface area contributed by atoms with Gasteiger partial charge < -0.3 is 4.74 Å². The van der Waals surface area contributed by atoms with Gasteiger partial charge in [0.15, 0.2) is 0 Å². The monoisotopic (exact) mass is 210 g/mol. The van der Waals surface area contributed by atoms with Crippen molar-refractivity contribution < 1.29 is 9.53 Å². The Kier molecular flexibility index (Phi) is 5.99. The molecule has 2 heteroatoms. The van der Waals surface area contributed by atoms with E-state index in [0.29, 0.717) is 0 Å². The number of ether oxygens (including phenoxy) is 1. The van der Waals surface area contributed by atoms with E-state index in [2.05, 4.69) is 26.5 Å². The zero-order valence-corrected chi connectivity index (χ0v) is 10.3. The third kappa shape index (κ3) is 6.10. The van der Waals surface area contributed by atoms with Gasteiger partial charge in [-0.2, -0.15) is 0 Å². The molecule has 0 fully saturated rings. The van der Waals surface area contributed by atoms with Crippen LogP contribution in [0.25, 0.3) is 0 Å². The smallest absolute Gasteiger partial charge is 0.303 e. The highest BCUT2D eigenvalue weighted by Crippen LogP contribution is 2.20. The van der Waals surface area contributed by atoms with Crippen LogP contribution in [0.2, 0.25) is 0 Å². The predicted molar refractivity (Wildman–Crippen MR) is 63.7 cm³/mol. The number of carbonyl (C=O) groups is 1. The Bertz CT molecular complexity index is 253. The van der Waals surface area contributed by atoms with Crippen molar-refractivity contribution in [1.29, 1.82) is 0 Å². The molecule has 0 saturated heterocycles. The summed E-state index contributed by atoms with van der Waals surface area (Å²) in [6, 6.07) is 0. The molecule has 0 radical (unpaired) electrons. The molecule has 0 aliphatic heterocycles. The highest BCUT2D eigenvalue weighted by atomic mass is 16.6. The van der Waals surface area contributed by atoms with Gasteiger partial charge in [0.05, 0.1) is 0 Å². The Hall–Kier alpha value is -1.05. The van der Waals surface area contributed by atoms with E-state index in [-0.39, 0.29) is 5.97 Å². The lowest BCUT2D eigenvalue weighted by Crippen LogP contribution is -2.27. The molecule has 0 rings (SSSR count). The Balaban J connectivity index is 4.21. The molecule has 0 unspecified atom stereocenters. The molecule has 0 aliphatic rings. The van der Waals surface area contributed by atoms with Crippen molar-refractivity contribution in [2.75, 3.05) is 0 Å². The van der Waals surface area contributed by atoms with Crippen molar-refractivity contribution in [3.8, 4) is 0 Å². The molecule has 0 aromatic heterocycles. The Morgan fingerprint density at radius 2 is 2.07 bits per heavy atom. The molecule has 0 bridgehead atoms. The maximum absolute atomic E-state index is 10.9. The fourth-order valence-corrected chi connectivity index (χ4v) is 1.27. The van der Waals surface area contributed by atoms with Crippen LogP contribution >= 0.6 is 0 Å². The number of carbonyl (C=O) groups excluding carboxylic acids is 1. The van der Waals surface area contributed by atoms with Crippen LogP contribution in [0.1, 0.15) is 47.0 Å². The van der Waals surface area contributed by atoms with E-state index in [1.165, 1.54) is 12.5 Å². The van der Waals surface area contributed by atoms with E-state index in [1.54, 1.807) is 6.08 Å². The minimum atomic E-state index is -0.531. The quantitative estimate of drug-likeness (QED) is 0.494. The van der Waals surface area contributed by atoms with E-state index >= 15 is 0 Å². The molecule has 0 heterocycles. The Morgan fingerprint density at radius 3 is 2.47 bits per heavy atom. The van der Waals surface area contributed by atoms with Gasteiger partial charge in [0.1, 0.15) is 5.60 Å². The van der Waals surface area contributed by atoms with Gasteiger partial charge in [0, 0.05) is 6.92 Å². The number of esters is 1. The molecule has 0 aromatic carbocycles. The van der Waals surface area contributed by atoms with Gasteiger partial charge >= 0.3 is 5.97 Å². The first kappa shape index (κ1) is 13.9. The average Bonchev–Trinajstić information content (AvgIpc) is 2.16. The van der Waals surface area contributed by atoms with E-state index in [0.717, 1.165) is 19.3 Å². The van der Waals surface area contributed by atoms with Crippen LogP contribution in [0.4, 0.5) is 0 Å². The molecule has 86 valence electrons. The molecule has 15 heavy (non-hydrogen) atoms. The predicted octanol–water partition coefficient (Wildman–Crippen LogP) is 3.63. The molecule has 2 nitrogen and oxygen atoms in total. The summed E-state index contributed by atoms with van der Waals surface area (Å²) >= 11 is 0. The van der Waals surface area contributed by atoms with Crippen LogP contribution in [0.3, 0.4) is 0 Å². The zero-order chi connectivity index (χ0) is 11.9. The van der Waals surface area contributed by atoms with E-state index in [4.69, 9.17) is 4.74 Å². The van der Waals surface area contributed by atoms with Gasteiger partial charge in [0.2, 0.25) is 0 Å². The molecule has 0 amide bonds. The van der Waals surface area contributed by atoms with Crippen molar-refractivity contribution in [3.63, 3.8) is 0 Å². The van der Waals surface area contributed by atoms with Crippen LogP contribution in [0.15, 0.2) is 24.3 Å². The van der Waals surface area contributed by atoms with Crippen molar-refractivity contribution in [2.45, 2.75) is 52.6 Å². The zero-order valence-electron chi connectivity index (χ0n) is 10.3. The van der Waals surface area contributed by atoms with Crippen LogP contribution in [-0.4, -0.2) is 11.6 Å². The van der Waals surface area contributed by atoms with Gasteiger partial charge in [-0.05, 0) is 39.2 Å². The van der Waals surface area contributed by atoms with Crippen LogP contribution in [-0.2, 0) is 9.53 Å². The van der Waals surface area contributed by atoms with E-state index < -0.39 is 5.60 Å². The number of allylic oxidation sites excluding steroid dienone is 2. The van der Waals surface area contributed by atoms with Crippen LogP contribution in [0.5, 0.6) is 0 Å². The largest absolute Gasteiger partial charge is 0.455 e. The highest BCUT2D eigenvalue weighted by Gasteiger charge is 2.22. The summed E-state index contributed by atoms with van der Waals surface area (Å²) in [6.07, 6.45) is 6.65. The minimum absolute atomic E-state index is 0.256. The molecule has 0 N–H and O–H groups in total. The molecular formula is C13H22O2. The SMILES string of the molecule is C=C[C@@](C)(CCC=C(C)CC)OC(C)=O. The highest BCUT2D eigenvalue weighted by molar-refractivity contribution is 5.66. The molecule has 1 atom stereocenters. The van der Waals surface area contributed by atoms with Gasteiger partial charge in [-0.1, -0.05) is 25.2 Å². The lowest BCUT2D eigenvalue weighted by atomic mass is 9.99. The van der Waals surface area contributed by atoms with Crippen molar-refractivity contribution in [2.24, 2.45) is 0 Å². The molecular weight excluding hydrogens is 188 g/mol. The van der Waals surface area contributed by atoms with E-state index in [9.17, 15) is 4.79 Å². The second-order valence-corrected chi connectivity index (χ2v) is 4.05. The van der Waals surface area contributed by atoms with Gasteiger partial charge in [-0.15, -0.1) is 0 Å². The summed E-state index contributed by atoms with van der Waals surface area (Å²) in [5.41, 5.74) is 0.834. The second kappa shape index (κ2) is 6.44. The summed E-state index contributed by atoms with van der Waals surface area (Å²) in [7, 11) is 0. The summed E-state index contributed by atoms with van der Waals surface area (Å²) in [5.74, 6) is -0.256. The Labute approximate surface area is 93.0 Å². The summed E-state index contributed by atoms with van der Waals surface area (Å²) < 4.78 is 5.22. The van der Waals surface area contributed by atoms with Crippen molar-refractivity contribution in [3.05, 3.63) is 24.3 Å². The van der Waals surface area contributed by atoms with Gasteiger partial charge in [-0.3, -0.25) is 4.79 Å². The third-order valence-corrected chi connectivity index (χ3v) is 2.50. The molecule has 0 aromatic rings. The van der Waals surface area contributed by atoms with Gasteiger partial charge in [-0.25, -0.2) is 0 Å². The van der Waals surface area contributed by atoms with Crippen molar-refractivity contribution in [1.82, 2.24) is 0 Å². The van der Waals surface area contributed by atoms with Crippen molar-refractivity contribution >= 4 is 5.97 Å². The fraction of sp³-hybridized carbons (Fsp3) is 0.615. The standard InChI is InChI=1S/C13H22O2/c1-6-11(3)9-8-10-13(5,7-2)15-12(4)14/h7,9H,2,6,8,10H2,1,3-5H3/t13-/m0/s1. The molecule has 0 saturated carbocycles. The first-order valence-corrected chi connectivity index (χ1v) is 5.42. The maximum Gasteiger partial charge on any atom is 0.303 e. The third-order valence-electron chi connectivity index (χ3n) is 2.50. The first-order chi connectivity index (χ1) is 6.93. The van der Waals surface area contributed by atoms with Gasteiger partial charge in [0.25, 0.3) is 0 Å². The number of rotatable bonds is 6. The summed E-state index contributed by atoms with van der Waals surface area (Å²) in [5, 5.41) is 0. The maximum atomic E-state index is 10.9. The normalized spacial score (nSPS) is 15.6. The first-order valence-electron chi connectivity index (χ1n) is 5.42. The minimum Gasteiger partial charge on any atom is -0.455 e. The van der Waals surface area contributed by atoms with E-state index in [1.807, 2.05) is 6.92 Å². The van der Waals surface area contributed by atoms with Crippen LogP contribution < -0.4 is 0 Å². The lowest BCUT2D eigenvalue weighted by molar-refractivity contribution is -0.151. The lowest BCUT2D eigenvalue weighted by Gasteiger charge is -2.24. The topological polar surface area (TPSA) is 26.3 Å². The number of hydrogen-bond acceptors (Lipinski definition) is 2. The molecule has 0 aliphatic carbocycles.